The Hall–Kier alpha value is -3.61. The maximum atomic E-state index is 12.5. The number of nitrogens with one attached hydrogen (secondary N) is 2. The molecule has 7 nitrogen and oxygen atoms in total. The third kappa shape index (κ3) is 2.79. The zero-order valence-electron chi connectivity index (χ0n) is 13.7. The molecule has 0 radical (unpaired) electrons. The van der Waals surface area contributed by atoms with Crippen molar-refractivity contribution in [1.29, 1.82) is 0 Å². The SMILES string of the molecule is CC1Oc2ccc(NC(=O)c3cc4ccccc4oc3=O)cc2NC1=O. The van der Waals surface area contributed by atoms with E-state index in [2.05, 4.69) is 10.6 Å². The highest BCUT2D eigenvalue weighted by molar-refractivity contribution is 6.06. The van der Waals surface area contributed by atoms with Crippen LogP contribution in [-0.2, 0) is 4.79 Å². The van der Waals surface area contributed by atoms with Crippen LogP contribution in [0.4, 0.5) is 11.4 Å². The smallest absolute Gasteiger partial charge is 0.349 e. The fraction of sp³-hybridized carbons (Fsp3) is 0.105. The number of carbonyl (C=O) groups excluding carboxylic acids is 2. The lowest BCUT2D eigenvalue weighted by atomic mass is 10.1. The summed E-state index contributed by atoms with van der Waals surface area (Å²) >= 11 is 0. The standard InChI is InChI=1S/C19H14N2O5/c1-10-17(22)21-14-9-12(6-7-16(14)25-10)20-18(23)13-8-11-4-2-3-5-15(11)26-19(13)24/h2-10H,1H3,(H,20,23)(H,21,22). The van der Waals surface area contributed by atoms with Gasteiger partial charge in [-0.3, -0.25) is 9.59 Å². The first kappa shape index (κ1) is 15.9. The zero-order valence-corrected chi connectivity index (χ0v) is 13.7. The molecule has 0 bridgehead atoms. The van der Waals surface area contributed by atoms with Crippen molar-refractivity contribution in [1.82, 2.24) is 0 Å². The van der Waals surface area contributed by atoms with Gasteiger partial charge in [-0.2, -0.15) is 0 Å². The van der Waals surface area contributed by atoms with Crippen LogP contribution >= 0.6 is 0 Å². The zero-order chi connectivity index (χ0) is 18.3. The van der Waals surface area contributed by atoms with Gasteiger partial charge in [-0.25, -0.2) is 4.79 Å². The fourth-order valence-electron chi connectivity index (χ4n) is 2.71. The molecule has 1 aromatic heterocycles. The average molecular weight is 350 g/mol. The summed E-state index contributed by atoms with van der Waals surface area (Å²) in [6, 6.07) is 13.3. The van der Waals surface area contributed by atoms with E-state index >= 15 is 0 Å². The minimum absolute atomic E-state index is 0.102. The molecule has 0 saturated heterocycles. The van der Waals surface area contributed by atoms with Crippen LogP contribution in [-0.4, -0.2) is 17.9 Å². The highest BCUT2D eigenvalue weighted by Gasteiger charge is 2.24. The third-order valence-electron chi connectivity index (χ3n) is 4.05. The molecule has 0 spiro atoms. The van der Waals surface area contributed by atoms with Gasteiger partial charge in [0.05, 0.1) is 5.69 Å². The summed E-state index contributed by atoms with van der Waals surface area (Å²) in [7, 11) is 0. The number of benzene rings is 2. The molecule has 7 heteroatoms. The Morgan fingerprint density at radius 3 is 2.77 bits per heavy atom. The highest BCUT2D eigenvalue weighted by Crippen LogP contribution is 2.32. The maximum Gasteiger partial charge on any atom is 0.349 e. The molecule has 0 saturated carbocycles. The van der Waals surface area contributed by atoms with Gasteiger partial charge < -0.3 is 19.8 Å². The summed E-state index contributed by atoms with van der Waals surface area (Å²) in [6.07, 6.45) is -0.579. The molecule has 26 heavy (non-hydrogen) atoms. The van der Waals surface area contributed by atoms with Crippen LogP contribution in [0, 0.1) is 0 Å². The second-order valence-electron chi connectivity index (χ2n) is 5.90. The average Bonchev–Trinajstić information content (AvgIpc) is 2.62. The van der Waals surface area contributed by atoms with Crippen LogP contribution in [0.15, 0.2) is 57.7 Å². The van der Waals surface area contributed by atoms with E-state index in [0.717, 1.165) is 0 Å². The van der Waals surface area contributed by atoms with Crippen molar-refractivity contribution in [2.75, 3.05) is 10.6 Å². The molecular formula is C19H14N2O5. The first-order valence-electron chi connectivity index (χ1n) is 7.97. The molecule has 0 fully saturated rings. The van der Waals surface area contributed by atoms with Gasteiger partial charge in [-0.05, 0) is 37.3 Å². The number of para-hydroxylation sites is 1. The molecule has 2 N–H and O–H groups in total. The number of hydrogen-bond donors (Lipinski definition) is 2. The molecule has 2 amide bonds. The molecule has 4 rings (SSSR count). The van der Waals surface area contributed by atoms with E-state index in [4.69, 9.17) is 9.15 Å². The Kier molecular flexibility index (Phi) is 3.69. The maximum absolute atomic E-state index is 12.5. The second kappa shape index (κ2) is 6.03. The minimum atomic E-state index is -0.718. The Morgan fingerprint density at radius 2 is 1.92 bits per heavy atom. The van der Waals surface area contributed by atoms with Crippen LogP contribution in [0.1, 0.15) is 17.3 Å². The first-order chi connectivity index (χ1) is 12.5. The normalized spacial score (nSPS) is 15.7. The number of hydrogen-bond acceptors (Lipinski definition) is 5. The topological polar surface area (TPSA) is 97.6 Å². The lowest BCUT2D eigenvalue weighted by Gasteiger charge is -2.23. The van der Waals surface area contributed by atoms with Crippen molar-refractivity contribution in [3.05, 3.63) is 64.5 Å². The summed E-state index contributed by atoms with van der Waals surface area (Å²) in [5, 5.41) is 5.99. The van der Waals surface area contributed by atoms with Gasteiger partial charge in [0.25, 0.3) is 11.8 Å². The molecule has 0 aliphatic carbocycles. The number of carbonyl (C=O) groups is 2. The predicted octanol–water partition coefficient (Wildman–Crippen LogP) is 2.76. The van der Waals surface area contributed by atoms with E-state index in [0.29, 0.717) is 28.1 Å². The van der Waals surface area contributed by atoms with Crippen molar-refractivity contribution < 1.29 is 18.7 Å². The summed E-state index contributed by atoms with van der Waals surface area (Å²) in [5.41, 5.74) is 0.466. The summed E-state index contributed by atoms with van der Waals surface area (Å²) < 4.78 is 10.6. The Bertz CT molecular complexity index is 1100. The molecule has 1 atom stereocenters. The quantitative estimate of drug-likeness (QED) is 0.693. The number of rotatable bonds is 2. The minimum Gasteiger partial charge on any atom is -0.479 e. The van der Waals surface area contributed by atoms with Gasteiger partial charge in [-0.15, -0.1) is 0 Å². The van der Waals surface area contributed by atoms with E-state index in [-0.39, 0.29) is 11.5 Å². The van der Waals surface area contributed by atoms with Crippen molar-refractivity contribution in [3.8, 4) is 5.75 Å². The molecule has 1 aliphatic rings. The van der Waals surface area contributed by atoms with Crippen LogP contribution < -0.4 is 21.0 Å². The number of fused-ring (bicyclic) bond motifs is 2. The summed E-state index contributed by atoms with van der Waals surface area (Å²) in [5.74, 6) is -0.350. The fourth-order valence-corrected chi connectivity index (χ4v) is 2.71. The van der Waals surface area contributed by atoms with Crippen LogP contribution in [0.25, 0.3) is 11.0 Å². The van der Waals surface area contributed by atoms with Crippen LogP contribution in [0.3, 0.4) is 0 Å². The van der Waals surface area contributed by atoms with Gasteiger partial charge in [0.15, 0.2) is 6.10 Å². The summed E-state index contributed by atoms with van der Waals surface area (Å²) in [6.45, 7) is 1.65. The lowest BCUT2D eigenvalue weighted by molar-refractivity contribution is -0.122. The Balaban J connectivity index is 1.63. The molecule has 2 aromatic carbocycles. The van der Waals surface area contributed by atoms with Gasteiger partial charge in [0.2, 0.25) is 0 Å². The van der Waals surface area contributed by atoms with Gasteiger partial charge in [-0.1, -0.05) is 18.2 Å². The van der Waals surface area contributed by atoms with E-state index in [1.165, 1.54) is 6.07 Å². The lowest BCUT2D eigenvalue weighted by Crippen LogP contribution is -2.34. The van der Waals surface area contributed by atoms with Crippen molar-refractivity contribution in [3.63, 3.8) is 0 Å². The van der Waals surface area contributed by atoms with Crippen molar-refractivity contribution >= 4 is 34.2 Å². The third-order valence-corrected chi connectivity index (χ3v) is 4.05. The van der Waals surface area contributed by atoms with E-state index in [1.54, 1.807) is 49.4 Å². The molecule has 2 heterocycles. The van der Waals surface area contributed by atoms with Crippen LogP contribution in [0.5, 0.6) is 5.75 Å². The molecular weight excluding hydrogens is 336 g/mol. The highest BCUT2D eigenvalue weighted by atomic mass is 16.5. The predicted molar refractivity (Wildman–Crippen MR) is 95.6 cm³/mol. The molecule has 3 aromatic rings. The van der Waals surface area contributed by atoms with Crippen molar-refractivity contribution in [2.24, 2.45) is 0 Å². The van der Waals surface area contributed by atoms with Gasteiger partial charge >= 0.3 is 5.63 Å². The second-order valence-corrected chi connectivity index (χ2v) is 5.90. The number of ether oxygens (including phenoxy) is 1. The van der Waals surface area contributed by atoms with Crippen LogP contribution in [0.2, 0.25) is 0 Å². The van der Waals surface area contributed by atoms with Crippen molar-refractivity contribution in [2.45, 2.75) is 13.0 Å². The molecule has 1 unspecified atom stereocenters. The monoisotopic (exact) mass is 350 g/mol. The summed E-state index contributed by atoms with van der Waals surface area (Å²) in [4.78, 5) is 36.2. The van der Waals surface area contributed by atoms with E-state index in [1.807, 2.05) is 0 Å². The van der Waals surface area contributed by atoms with E-state index in [9.17, 15) is 14.4 Å². The van der Waals surface area contributed by atoms with Gasteiger partial charge in [0.1, 0.15) is 16.9 Å². The largest absolute Gasteiger partial charge is 0.479 e. The van der Waals surface area contributed by atoms with E-state index < -0.39 is 17.6 Å². The number of anilines is 2. The number of amides is 2. The Labute approximate surface area is 147 Å². The van der Waals surface area contributed by atoms with Gasteiger partial charge in [0, 0.05) is 11.1 Å². The molecule has 1 aliphatic heterocycles. The first-order valence-corrected chi connectivity index (χ1v) is 7.97. The Morgan fingerprint density at radius 1 is 1.12 bits per heavy atom. The molecule has 130 valence electrons.